The number of rotatable bonds is 10. The first-order chi connectivity index (χ1) is 21.7. The Hall–Kier alpha value is -5.16. The second-order valence-electron chi connectivity index (χ2n) is 9.57. The highest BCUT2D eigenvalue weighted by molar-refractivity contribution is 7.60. The number of aryl methyl sites for hydroxylation is 1. The van der Waals surface area contributed by atoms with Crippen LogP contribution in [0.25, 0.3) is 0 Å². The number of halogens is 1. The molecule has 4 rings (SSSR count). The normalized spacial score (nSPS) is 11.7. The number of hydrogen-bond acceptors (Lipinski definition) is 6. The quantitative estimate of drug-likeness (QED) is 0.0879. The number of hydrogen-bond donors (Lipinski definition) is 5. The predicted molar refractivity (Wildman–Crippen MR) is 165 cm³/mol. The zero-order chi connectivity index (χ0) is 34.3. The molecule has 0 aliphatic rings. The molecule has 0 heterocycles. The van der Waals surface area contributed by atoms with Crippen molar-refractivity contribution in [1.82, 2.24) is 0 Å². The van der Waals surface area contributed by atoms with Crippen LogP contribution in [0.5, 0.6) is 5.75 Å². The van der Waals surface area contributed by atoms with Crippen LogP contribution >= 0.6 is 7.60 Å². The average Bonchev–Trinajstić information content (AvgIpc) is 3.00. The summed E-state index contributed by atoms with van der Waals surface area (Å²) in [4.78, 5) is 61.4. The summed E-state index contributed by atoms with van der Waals surface area (Å²) in [6.07, 6.45) is 0.386. The molecular weight excluding hydrogens is 622 g/mol. The molecule has 4 aromatic carbocycles. The lowest BCUT2D eigenvalue weighted by molar-refractivity contribution is -0.147. The minimum absolute atomic E-state index is 0.0261. The number of benzene rings is 4. The van der Waals surface area contributed by atoms with Crippen LogP contribution < -0.4 is 10.0 Å². The number of carbonyl (C=O) groups excluding carboxylic acids is 1. The van der Waals surface area contributed by atoms with Gasteiger partial charge in [-0.25, -0.2) is 4.39 Å². The molecule has 242 valence electrons. The van der Waals surface area contributed by atoms with Crippen molar-refractivity contribution >= 4 is 36.8 Å². The van der Waals surface area contributed by atoms with E-state index in [9.17, 15) is 38.3 Å². The predicted octanol–water partition coefficient (Wildman–Crippen LogP) is 4.98. The highest BCUT2D eigenvalue weighted by Crippen LogP contribution is 2.34. The van der Waals surface area contributed by atoms with Gasteiger partial charge < -0.3 is 29.8 Å². The van der Waals surface area contributed by atoms with Gasteiger partial charge in [0.05, 0.1) is 17.1 Å². The van der Waals surface area contributed by atoms with Crippen LogP contribution in [0.4, 0.5) is 4.39 Å². The molecule has 0 bridgehead atoms. The summed E-state index contributed by atoms with van der Waals surface area (Å²) >= 11 is 0. The average molecular weight is 655 g/mol. The Balaban J connectivity index is 0.000000252. The molecule has 0 aromatic heterocycles. The van der Waals surface area contributed by atoms with Crippen molar-refractivity contribution in [2.45, 2.75) is 31.6 Å². The highest BCUT2D eigenvalue weighted by atomic mass is 31.2. The summed E-state index contributed by atoms with van der Waals surface area (Å²) < 4.78 is 27.8. The van der Waals surface area contributed by atoms with Crippen LogP contribution in [0.3, 0.4) is 0 Å². The van der Waals surface area contributed by atoms with Gasteiger partial charge in [0.25, 0.3) is 0 Å². The molecular formula is C33H32FO11P. The van der Waals surface area contributed by atoms with E-state index in [4.69, 9.17) is 19.6 Å². The van der Waals surface area contributed by atoms with Gasteiger partial charge in [-0.3, -0.25) is 23.7 Å². The molecule has 11 nitrogen and oxygen atoms in total. The molecule has 0 fully saturated rings. The van der Waals surface area contributed by atoms with Crippen molar-refractivity contribution in [2.75, 3.05) is 0 Å². The van der Waals surface area contributed by atoms with Crippen molar-refractivity contribution in [1.29, 1.82) is 0 Å². The van der Waals surface area contributed by atoms with Crippen LogP contribution in [0.15, 0.2) is 109 Å². The van der Waals surface area contributed by atoms with E-state index in [2.05, 4.69) is 0 Å². The molecule has 0 spiro atoms. The fraction of sp³-hybridized carbons (Fsp3) is 0.152. The molecule has 4 aromatic rings. The van der Waals surface area contributed by atoms with Crippen LogP contribution in [-0.4, -0.2) is 49.0 Å². The Morgan fingerprint density at radius 2 is 1.20 bits per heavy atom. The Kier molecular flexibility index (Phi) is 14.5. The van der Waals surface area contributed by atoms with E-state index in [1.807, 2.05) is 0 Å². The Labute approximate surface area is 263 Å². The van der Waals surface area contributed by atoms with Gasteiger partial charge in [-0.15, -0.1) is 0 Å². The first-order valence-electron chi connectivity index (χ1n) is 13.6. The summed E-state index contributed by atoms with van der Waals surface area (Å²) in [7, 11) is -4.29. The van der Waals surface area contributed by atoms with Gasteiger partial charge in [-0.1, -0.05) is 84.9 Å². The molecule has 13 heteroatoms. The van der Waals surface area contributed by atoms with E-state index in [1.54, 1.807) is 84.9 Å². The summed E-state index contributed by atoms with van der Waals surface area (Å²) in [5, 5.41) is 27.1. The van der Waals surface area contributed by atoms with Crippen LogP contribution in [0, 0.1) is 5.82 Å². The lowest BCUT2D eigenvalue weighted by Crippen LogP contribution is -2.26. The Morgan fingerprint density at radius 1 is 0.717 bits per heavy atom. The van der Waals surface area contributed by atoms with Gasteiger partial charge in [0.15, 0.2) is 0 Å². The largest absolute Gasteiger partial charge is 0.481 e. The van der Waals surface area contributed by atoms with Crippen molar-refractivity contribution in [2.24, 2.45) is 0 Å². The maximum atomic E-state index is 12.4. The minimum Gasteiger partial charge on any atom is -0.481 e. The van der Waals surface area contributed by atoms with Gasteiger partial charge in [-0.2, -0.15) is 0 Å². The van der Waals surface area contributed by atoms with Gasteiger partial charge in [-0.05, 0) is 47.4 Å². The number of para-hydroxylation sites is 1. The summed E-state index contributed by atoms with van der Waals surface area (Å²) in [6, 6.07) is 28.2. The van der Waals surface area contributed by atoms with E-state index in [0.29, 0.717) is 23.3 Å². The maximum Gasteiger partial charge on any atom is 0.356 e. The minimum atomic E-state index is -4.29. The van der Waals surface area contributed by atoms with Crippen molar-refractivity contribution in [3.8, 4) is 5.75 Å². The number of ether oxygens (including phenoxy) is 1. The maximum absolute atomic E-state index is 12.4. The van der Waals surface area contributed by atoms with Crippen LogP contribution in [0.1, 0.15) is 41.9 Å². The standard InChI is InChI=1S/C16H14O4.C11H12O4.C6H6FO3P/c17-15(18)13(11-7-3-1-4-8-11)14(16(19)20)12-9-5-2-6-10-12;1-8(12)15-10-5-3-2-4-9(10)6-7-11(13)14;7-5-2-1-3-6(4-5)11(8,9)10/h1-10,13-14H,(H,17,18)(H,19,20);2-5H,6-7H2,1H3,(H,13,14);1-4H,(H2,8,9,10)/t13-,14-;;/m0../s1. The van der Waals surface area contributed by atoms with Gasteiger partial charge in [0.2, 0.25) is 0 Å². The van der Waals surface area contributed by atoms with E-state index < -0.39 is 49.1 Å². The zero-order valence-corrected chi connectivity index (χ0v) is 25.4. The molecule has 0 saturated carbocycles. The third kappa shape index (κ3) is 12.4. The number of carboxylic acids is 3. The fourth-order valence-electron chi connectivity index (χ4n) is 4.14. The lowest BCUT2D eigenvalue weighted by atomic mass is 9.81. The molecule has 46 heavy (non-hydrogen) atoms. The van der Waals surface area contributed by atoms with Crippen LogP contribution in [0.2, 0.25) is 0 Å². The third-order valence-electron chi connectivity index (χ3n) is 6.16. The number of carboxylic acid groups (broad SMARTS) is 3. The van der Waals surface area contributed by atoms with Crippen molar-refractivity contribution < 1.29 is 58.0 Å². The number of aliphatic carboxylic acids is 3. The molecule has 0 amide bonds. The van der Waals surface area contributed by atoms with Gasteiger partial charge in [0, 0.05) is 13.3 Å². The molecule has 0 unspecified atom stereocenters. The molecule has 0 radical (unpaired) electrons. The van der Waals surface area contributed by atoms with Crippen molar-refractivity contribution in [3.63, 3.8) is 0 Å². The van der Waals surface area contributed by atoms with Crippen molar-refractivity contribution in [3.05, 3.63) is 132 Å². The monoisotopic (exact) mass is 654 g/mol. The summed E-state index contributed by atoms with van der Waals surface area (Å²) in [6.45, 7) is 1.31. The molecule has 0 saturated heterocycles. The summed E-state index contributed by atoms with van der Waals surface area (Å²) in [5.41, 5.74) is 1.70. The third-order valence-corrected chi connectivity index (χ3v) is 7.11. The molecule has 2 atom stereocenters. The lowest BCUT2D eigenvalue weighted by Gasteiger charge is -2.21. The molecule has 0 aliphatic carbocycles. The smallest absolute Gasteiger partial charge is 0.356 e. The molecule has 5 N–H and O–H groups in total. The van der Waals surface area contributed by atoms with Crippen LogP contribution in [-0.2, 0) is 30.2 Å². The second kappa shape index (κ2) is 18.0. The number of carbonyl (C=O) groups is 4. The fourth-order valence-corrected chi connectivity index (χ4v) is 4.71. The first kappa shape index (κ1) is 37.0. The first-order valence-corrected chi connectivity index (χ1v) is 15.2. The van der Waals surface area contributed by atoms with Gasteiger partial charge >= 0.3 is 31.5 Å². The van der Waals surface area contributed by atoms with E-state index in [0.717, 1.165) is 17.7 Å². The highest BCUT2D eigenvalue weighted by Gasteiger charge is 2.36. The Bertz CT molecular complexity index is 1600. The van der Waals surface area contributed by atoms with E-state index >= 15 is 0 Å². The Morgan fingerprint density at radius 3 is 1.59 bits per heavy atom. The molecule has 0 aliphatic heterocycles. The topological polar surface area (TPSA) is 196 Å². The zero-order valence-electron chi connectivity index (χ0n) is 24.5. The van der Waals surface area contributed by atoms with E-state index in [1.165, 1.54) is 19.1 Å². The van der Waals surface area contributed by atoms with Gasteiger partial charge in [0.1, 0.15) is 11.6 Å². The van der Waals surface area contributed by atoms with E-state index in [-0.39, 0.29) is 11.7 Å². The second-order valence-corrected chi connectivity index (χ2v) is 11.2. The SMILES string of the molecule is CC(=O)Oc1ccccc1CCC(=O)O.O=C(O)[C@@H](c1ccccc1)[C@@H](C(=O)O)c1ccccc1.O=P(O)(O)c1cccc(F)c1. The number of esters is 1. The summed E-state index contributed by atoms with van der Waals surface area (Å²) in [5.74, 6) is -6.01.